The van der Waals surface area contributed by atoms with E-state index >= 15 is 0 Å². The molecule has 50 heavy (non-hydrogen) atoms. The Kier molecular flexibility index (Phi) is 12.1. The first-order chi connectivity index (χ1) is 23.7. The smallest absolute Gasteiger partial charge is 0.490 e. The molecule has 0 bridgehead atoms. The standard InChI is InChI=1S/C34H39N5O4.C2HF3O2/c1-5-42-31-20-25(11-14-30(31)43-21(2)3)32(38-27-12-13-28-23(18-27)15-16-36-33(28)35)34(41)39-17-7-10-29(39)24-8-6-9-26(19-24)37-22(4)40;3-2(4,5)1(6)7/h6,8-9,11-16,18-21,29,32,38H,5,7,10,17H2,1-4H3,(H2,35,36)(H,37,40);(H,6,7)/t29-,32+;/m0./s1. The highest BCUT2D eigenvalue weighted by Crippen LogP contribution is 2.38. The molecule has 14 heteroatoms. The number of pyridine rings is 1. The number of benzene rings is 3. The molecule has 5 rings (SSSR count). The van der Waals surface area contributed by atoms with Crippen molar-refractivity contribution in [1.82, 2.24) is 9.88 Å². The van der Waals surface area contributed by atoms with Crippen molar-refractivity contribution in [3.63, 3.8) is 0 Å². The number of likely N-dealkylation sites (tertiary alicyclic amines) is 1. The fourth-order valence-corrected chi connectivity index (χ4v) is 5.64. The normalized spacial score (nSPS) is 14.8. The average molecular weight is 696 g/mol. The SMILES string of the molecule is CCOc1cc([C@@H](Nc2ccc3c(N)nccc3c2)C(=O)N2CCC[C@H]2c2cccc(NC(C)=O)c2)ccc1OC(C)C.O=C(O)C(F)(F)F. The maximum absolute atomic E-state index is 14.5. The van der Waals surface area contributed by atoms with Gasteiger partial charge in [-0.05, 0) is 98.7 Å². The monoisotopic (exact) mass is 695 g/mol. The quantitative estimate of drug-likeness (QED) is 0.136. The fraction of sp³-hybridized carbons (Fsp3) is 0.333. The third-order valence-electron chi connectivity index (χ3n) is 7.69. The van der Waals surface area contributed by atoms with E-state index in [2.05, 4.69) is 15.6 Å². The van der Waals surface area contributed by atoms with Crippen molar-refractivity contribution in [3.05, 3.63) is 84.1 Å². The van der Waals surface area contributed by atoms with Gasteiger partial charge in [0, 0.05) is 36.4 Å². The number of fused-ring (bicyclic) bond motifs is 1. The van der Waals surface area contributed by atoms with Gasteiger partial charge in [-0.25, -0.2) is 9.78 Å². The Labute approximate surface area is 287 Å². The Balaban J connectivity index is 0.000000727. The molecular formula is C36H40F3N5O6. The molecule has 0 saturated carbocycles. The average Bonchev–Trinajstić information content (AvgIpc) is 3.54. The number of amides is 2. The lowest BCUT2D eigenvalue weighted by Gasteiger charge is -2.31. The highest BCUT2D eigenvalue weighted by Gasteiger charge is 2.38. The summed E-state index contributed by atoms with van der Waals surface area (Å²) >= 11 is 0. The Morgan fingerprint density at radius 1 is 1.04 bits per heavy atom. The number of carboxylic acid groups (broad SMARTS) is 1. The summed E-state index contributed by atoms with van der Waals surface area (Å²) in [5.74, 6) is -1.26. The summed E-state index contributed by atoms with van der Waals surface area (Å²) in [4.78, 5) is 41.2. The Hall–Kier alpha value is -5.53. The van der Waals surface area contributed by atoms with Crippen molar-refractivity contribution in [2.45, 2.75) is 64.9 Å². The summed E-state index contributed by atoms with van der Waals surface area (Å²) in [6, 6.07) is 20.3. The van der Waals surface area contributed by atoms with Gasteiger partial charge in [-0.1, -0.05) is 18.2 Å². The zero-order valence-electron chi connectivity index (χ0n) is 28.1. The Morgan fingerprint density at radius 3 is 2.44 bits per heavy atom. The summed E-state index contributed by atoms with van der Waals surface area (Å²) in [6.45, 7) is 8.43. The first-order valence-corrected chi connectivity index (χ1v) is 16.0. The fourth-order valence-electron chi connectivity index (χ4n) is 5.64. The Bertz CT molecular complexity index is 1830. The molecule has 1 aliphatic rings. The van der Waals surface area contributed by atoms with E-state index in [1.807, 2.05) is 92.4 Å². The molecule has 3 aromatic carbocycles. The van der Waals surface area contributed by atoms with Crippen molar-refractivity contribution in [2.24, 2.45) is 0 Å². The van der Waals surface area contributed by atoms with Crippen molar-refractivity contribution in [2.75, 3.05) is 29.5 Å². The van der Waals surface area contributed by atoms with Crippen LogP contribution in [0, 0.1) is 0 Å². The number of nitrogens with zero attached hydrogens (tertiary/aromatic N) is 2. The van der Waals surface area contributed by atoms with Crippen LogP contribution >= 0.6 is 0 Å². The summed E-state index contributed by atoms with van der Waals surface area (Å²) < 4.78 is 43.7. The number of aliphatic carboxylic acids is 1. The second-order valence-corrected chi connectivity index (χ2v) is 11.8. The number of alkyl halides is 3. The zero-order chi connectivity index (χ0) is 36.6. The van der Waals surface area contributed by atoms with Crippen LogP contribution in [0.5, 0.6) is 11.5 Å². The minimum atomic E-state index is -5.08. The molecule has 0 aliphatic carbocycles. The lowest BCUT2D eigenvalue weighted by molar-refractivity contribution is -0.192. The lowest BCUT2D eigenvalue weighted by atomic mass is 10.0. The zero-order valence-corrected chi connectivity index (χ0v) is 28.1. The van der Waals surface area contributed by atoms with Gasteiger partial charge in [-0.3, -0.25) is 9.59 Å². The summed E-state index contributed by atoms with van der Waals surface area (Å²) in [6.07, 6.45) is -1.73. The van der Waals surface area contributed by atoms with Gasteiger partial charge < -0.3 is 35.8 Å². The van der Waals surface area contributed by atoms with E-state index in [1.165, 1.54) is 6.92 Å². The number of rotatable bonds is 10. The van der Waals surface area contributed by atoms with Gasteiger partial charge in [-0.15, -0.1) is 0 Å². The molecule has 1 fully saturated rings. The maximum Gasteiger partial charge on any atom is 0.490 e. The Morgan fingerprint density at radius 2 is 1.78 bits per heavy atom. The van der Waals surface area contributed by atoms with Crippen molar-refractivity contribution in [3.8, 4) is 11.5 Å². The van der Waals surface area contributed by atoms with Crippen LogP contribution in [0.3, 0.4) is 0 Å². The molecule has 266 valence electrons. The van der Waals surface area contributed by atoms with Crippen LogP contribution in [0.2, 0.25) is 0 Å². The highest BCUT2D eigenvalue weighted by molar-refractivity contribution is 5.94. The van der Waals surface area contributed by atoms with Crippen LogP contribution in [-0.2, 0) is 14.4 Å². The van der Waals surface area contributed by atoms with Crippen LogP contribution in [0.4, 0.5) is 30.4 Å². The van der Waals surface area contributed by atoms with Gasteiger partial charge in [-0.2, -0.15) is 13.2 Å². The number of carboxylic acids is 1. The van der Waals surface area contributed by atoms with E-state index in [1.54, 1.807) is 6.20 Å². The number of hydrogen-bond acceptors (Lipinski definition) is 8. The van der Waals surface area contributed by atoms with Crippen LogP contribution in [0.1, 0.15) is 63.7 Å². The van der Waals surface area contributed by atoms with Gasteiger partial charge in [0.05, 0.1) is 18.8 Å². The number of hydrogen-bond donors (Lipinski definition) is 4. The van der Waals surface area contributed by atoms with Gasteiger partial charge in [0.2, 0.25) is 11.8 Å². The van der Waals surface area contributed by atoms with Gasteiger partial charge in [0.1, 0.15) is 11.9 Å². The van der Waals surface area contributed by atoms with Crippen LogP contribution in [0.25, 0.3) is 10.8 Å². The summed E-state index contributed by atoms with van der Waals surface area (Å²) in [7, 11) is 0. The van der Waals surface area contributed by atoms with Gasteiger partial charge >= 0.3 is 12.1 Å². The van der Waals surface area contributed by atoms with Crippen LogP contribution in [0.15, 0.2) is 72.9 Å². The number of carbonyl (C=O) groups is 3. The van der Waals surface area contributed by atoms with E-state index in [4.69, 9.17) is 25.1 Å². The number of halogens is 3. The topological polar surface area (TPSA) is 156 Å². The minimum absolute atomic E-state index is 0.0289. The molecule has 0 spiro atoms. The number of aromatic nitrogens is 1. The number of nitrogens with two attached hydrogens (primary N) is 1. The second kappa shape index (κ2) is 16.2. The molecular weight excluding hydrogens is 655 g/mol. The number of nitrogens with one attached hydrogen (secondary N) is 2. The van der Waals surface area contributed by atoms with Crippen LogP contribution in [-0.4, -0.2) is 58.2 Å². The van der Waals surface area contributed by atoms with E-state index in [0.717, 1.165) is 40.4 Å². The minimum Gasteiger partial charge on any atom is -0.490 e. The highest BCUT2D eigenvalue weighted by atomic mass is 19.4. The molecule has 11 nitrogen and oxygen atoms in total. The molecule has 2 amide bonds. The number of carbonyl (C=O) groups excluding carboxylic acids is 2. The lowest BCUT2D eigenvalue weighted by Crippen LogP contribution is -2.37. The molecule has 5 N–H and O–H groups in total. The largest absolute Gasteiger partial charge is 0.490 e. The molecule has 2 heterocycles. The van der Waals surface area contributed by atoms with Crippen molar-refractivity contribution < 1.29 is 42.1 Å². The van der Waals surface area contributed by atoms with E-state index in [0.29, 0.717) is 36.2 Å². The van der Waals surface area contributed by atoms with Crippen LogP contribution < -0.4 is 25.8 Å². The van der Waals surface area contributed by atoms with E-state index in [-0.39, 0.29) is 24.0 Å². The summed E-state index contributed by atoms with van der Waals surface area (Å²) in [5.41, 5.74) is 9.33. The predicted octanol–water partition coefficient (Wildman–Crippen LogP) is 7.11. The predicted molar refractivity (Wildman–Crippen MR) is 184 cm³/mol. The summed E-state index contributed by atoms with van der Waals surface area (Å²) in [5, 5.41) is 15.3. The molecule has 0 radical (unpaired) electrons. The van der Waals surface area contributed by atoms with Gasteiger partial charge in [0.15, 0.2) is 11.5 Å². The first-order valence-electron chi connectivity index (χ1n) is 16.0. The molecule has 1 saturated heterocycles. The van der Waals surface area contributed by atoms with Crippen molar-refractivity contribution >= 4 is 45.7 Å². The van der Waals surface area contributed by atoms with E-state index in [9.17, 15) is 22.8 Å². The molecule has 1 aromatic heterocycles. The third kappa shape index (κ3) is 9.55. The maximum atomic E-state index is 14.5. The van der Waals surface area contributed by atoms with E-state index < -0.39 is 18.2 Å². The first kappa shape index (κ1) is 37.3. The molecule has 4 aromatic rings. The number of anilines is 3. The number of ether oxygens (including phenoxy) is 2. The second-order valence-electron chi connectivity index (χ2n) is 11.8. The molecule has 2 atom stereocenters. The number of nitrogen functional groups attached to an aromatic ring is 1. The van der Waals surface area contributed by atoms with Gasteiger partial charge in [0.25, 0.3) is 0 Å². The van der Waals surface area contributed by atoms with Crippen molar-refractivity contribution in [1.29, 1.82) is 0 Å². The molecule has 1 aliphatic heterocycles. The third-order valence-corrected chi connectivity index (χ3v) is 7.69. The molecule has 0 unspecified atom stereocenters.